The van der Waals surface area contributed by atoms with E-state index in [1.807, 2.05) is 0 Å². The molecule has 0 saturated carbocycles. The molecule has 0 fully saturated rings. The van der Waals surface area contributed by atoms with Crippen LogP contribution in [0.1, 0.15) is 10.4 Å². The first-order valence-corrected chi connectivity index (χ1v) is 5.56. The SMILES string of the molecule is Cn1nc(Oc2ccccc2C(=O)O)c(=O)n(C)c1=O. The highest BCUT2D eigenvalue weighted by molar-refractivity contribution is 5.90. The van der Waals surface area contributed by atoms with E-state index in [-0.39, 0.29) is 17.2 Å². The summed E-state index contributed by atoms with van der Waals surface area (Å²) in [4.78, 5) is 34.4. The highest BCUT2D eigenvalue weighted by atomic mass is 16.5. The lowest BCUT2D eigenvalue weighted by Gasteiger charge is -2.08. The lowest BCUT2D eigenvalue weighted by atomic mass is 10.2. The monoisotopic (exact) mass is 277 g/mol. The molecule has 0 saturated heterocycles. The van der Waals surface area contributed by atoms with Crippen molar-refractivity contribution in [1.29, 1.82) is 0 Å². The highest BCUT2D eigenvalue weighted by Gasteiger charge is 2.15. The quantitative estimate of drug-likeness (QED) is 0.845. The van der Waals surface area contributed by atoms with Gasteiger partial charge in [0.15, 0.2) is 0 Å². The van der Waals surface area contributed by atoms with Crippen LogP contribution in [0, 0.1) is 0 Å². The standard InChI is InChI=1S/C12H11N3O5/c1-14-10(16)9(13-15(2)12(14)19)20-8-6-4-3-5-7(8)11(17)18/h3-6H,1-2H3,(H,17,18). The highest BCUT2D eigenvalue weighted by Crippen LogP contribution is 2.21. The Hall–Kier alpha value is -2.90. The maximum Gasteiger partial charge on any atom is 0.347 e. The summed E-state index contributed by atoms with van der Waals surface area (Å²) in [7, 11) is 2.64. The molecule has 1 heterocycles. The van der Waals surface area contributed by atoms with Crippen LogP contribution in [0.3, 0.4) is 0 Å². The van der Waals surface area contributed by atoms with E-state index >= 15 is 0 Å². The van der Waals surface area contributed by atoms with Gasteiger partial charge in [-0.2, -0.15) is 0 Å². The second-order valence-corrected chi connectivity index (χ2v) is 3.98. The van der Waals surface area contributed by atoms with Crippen LogP contribution in [0.15, 0.2) is 33.9 Å². The number of carboxylic acid groups (broad SMARTS) is 1. The number of aromatic nitrogens is 3. The van der Waals surface area contributed by atoms with Gasteiger partial charge < -0.3 is 9.84 Å². The molecule has 104 valence electrons. The Labute approximate surface area is 112 Å². The second kappa shape index (κ2) is 5.00. The van der Waals surface area contributed by atoms with Gasteiger partial charge in [0.25, 0.3) is 0 Å². The summed E-state index contributed by atoms with van der Waals surface area (Å²) < 4.78 is 6.99. The van der Waals surface area contributed by atoms with E-state index in [0.717, 1.165) is 9.25 Å². The molecule has 0 radical (unpaired) electrons. The number of carbonyl (C=O) groups is 1. The zero-order valence-corrected chi connectivity index (χ0v) is 10.7. The number of hydrogen-bond donors (Lipinski definition) is 1. The topological polar surface area (TPSA) is 103 Å². The second-order valence-electron chi connectivity index (χ2n) is 3.98. The summed E-state index contributed by atoms with van der Waals surface area (Å²) >= 11 is 0. The average Bonchev–Trinajstić information content (AvgIpc) is 2.43. The number of para-hydroxylation sites is 1. The molecule has 0 unspecified atom stereocenters. The molecule has 0 atom stereocenters. The van der Waals surface area contributed by atoms with Gasteiger partial charge in [-0.1, -0.05) is 12.1 Å². The van der Waals surface area contributed by atoms with Crippen LogP contribution >= 0.6 is 0 Å². The molecule has 0 amide bonds. The normalized spacial score (nSPS) is 10.3. The van der Waals surface area contributed by atoms with Crippen molar-refractivity contribution in [3.8, 4) is 11.6 Å². The zero-order valence-electron chi connectivity index (χ0n) is 10.7. The van der Waals surface area contributed by atoms with Crippen molar-refractivity contribution in [2.24, 2.45) is 14.1 Å². The summed E-state index contributed by atoms with van der Waals surface area (Å²) in [6, 6.07) is 5.83. The molecule has 0 bridgehead atoms. The number of ether oxygens (including phenoxy) is 1. The number of aryl methyl sites for hydroxylation is 1. The van der Waals surface area contributed by atoms with Gasteiger partial charge in [-0.25, -0.2) is 14.3 Å². The van der Waals surface area contributed by atoms with Gasteiger partial charge in [-0.05, 0) is 12.1 Å². The van der Waals surface area contributed by atoms with Crippen molar-refractivity contribution in [2.45, 2.75) is 0 Å². The van der Waals surface area contributed by atoms with E-state index in [9.17, 15) is 14.4 Å². The van der Waals surface area contributed by atoms with Gasteiger partial charge in [0.2, 0.25) is 0 Å². The van der Waals surface area contributed by atoms with Crippen LogP contribution in [0.25, 0.3) is 0 Å². The van der Waals surface area contributed by atoms with Gasteiger partial charge in [0, 0.05) is 14.1 Å². The number of hydrogen-bond acceptors (Lipinski definition) is 5. The molecule has 0 spiro atoms. The molecule has 8 nitrogen and oxygen atoms in total. The first-order chi connectivity index (χ1) is 9.41. The van der Waals surface area contributed by atoms with Crippen molar-refractivity contribution in [3.63, 3.8) is 0 Å². The van der Waals surface area contributed by atoms with E-state index in [1.165, 1.54) is 32.3 Å². The van der Waals surface area contributed by atoms with Gasteiger partial charge in [0.05, 0.1) is 0 Å². The number of aromatic carboxylic acids is 1. The maximum atomic E-state index is 11.8. The molecule has 0 aliphatic heterocycles. The zero-order chi connectivity index (χ0) is 14.9. The minimum Gasteiger partial charge on any atom is -0.478 e. The Morgan fingerprint density at radius 1 is 1.25 bits per heavy atom. The van der Waals surface area contributed by atoms with Gasteiger partial charge in [-0.15, -0.1) is 5.10 Å². The molecule has 1 aromatic heterocycles. The molecule has 8 heteroatoms. The molecular formula is C12H11N3O5. The van der Waals surface area contributed by atoms with E-state index in [0.29, 0.717) is 0 Å². The number of nitrogens with zero attached hydrogens (tertiary/aromatic N) is 3. The van der Waals surface area contributed by atoms with Gasteiger partial charge in [0.1, 0.15) is 11.3 Å². The summed E-state index contributed by atoms with van der Waals surface area (Å²) in [5, 5.41) is 12.7. The van der Waals surface area contributed by atoms with Crippen molar-refractivity contribution in [2.75, 3.05) is 0 Å². The lowest BCUT2D eigenvalue weighted by Crippen LogP contribution is -2.38. The molecule has 1 N–H and O–H groups in total. The molecule has 2 rings (SSSR count). The molecule has 2 aromatic rings. The maximum absolute atomic E-state index is 11.8. The molecule has 20 heavy (non-hydrogen) atoms. The first-order valence-electron chi connectivity index (χ1n) is 5.56. The van der Waals surface area contributed by atoms with Crippen LogP contribution in [0.4, 0.5) is 0 Å². The number of benzene rings is 1. The van der Waals surface area contributed by atoms with Crippen LogP contribution in [-0.4, -0.2) is 25.4 Å². The Balaban J connectivity index is 2.54. The third-order valence-electron chi connectivity index (χ3n) is 2.62. The van der Waals surface area contributed by atoms with Crippen LogP contribution in [0.5, 0.6) is 11.6 Å². The van der Waals surface area contributed by atoms with Crippen molar-refractivity contribution >= 4 is 5.97 Å². The van der Waals surface area contributed by atoms with Crippen molar-refractivity contribution < 1.29 is 14.6 Å². The summed E-state index contributed by atoms with van der Waals surface area (Å²) in [5.74, 6) is -1.59. The lowest BCUT2D eigenvalue weighted by molar-refractivity contribution is 0.0694. The van der Waals surface area contributed by atoms with Crippen LogP contribution < -0.4 is 16.0 Å². The Morgan fingerprint density at radius 2 is 1.90 bits per heavy atom. The largest absolute Gasteiger partial charge is 0.478 e. The summed E-state index contributed by atoms with van der Waals surface area (Å²) in [6.45, 7) is 0. The third kappa shape index (κ3) is 2.30. The molecule has 1 aromatic carbocycles. The summed E-state index contributed by atoms with van der Waals surface area (Å²) in [5.41, 5.74) is -1.45. The van der Waals surface area contributed by atoms with E-state index in [4.69, 9.17) is 9.84 Å². The van der Waals surface area contributed by atoms with E-state index < -0.39 is 17.2 Å². The van der Waals surface area contributed by atoms with E-state index in [1.54, 1.807) is 6.07 Å². The summed E-state index contributed by atoms with van der Waals surface area (Å²) in [6.07, 6.45) is 0. The minimum absolute atomic E-state index is 0.0248. The predicted molar refractivity (Wildman–Crippen MR) is 68.2 cm³/mol. The molecule has 0 aliphatic rings. The Morgan fingerprint density at radius 3 is 2.55 bits per heavy atom. The number of rotatable bonds is 3. The average molecular weight is 277 g/mol. The van der Waals surface area contributed by atoms with E-state index in [2.05, 4.69) is 5.10 Å². The Kier molecular flexibility index (Phi) is 3.38. The minimum atomic E-state index is -1.19. The third-order valence-corrected chi connectivity index (χ3v) is 2.62. The first kappa shape index (κ1) is 13.5. The fraction of sp³-hybridized carbons (Fsp3) is 0.167. The fourth-order valence-electron chi connectivity index (χ4n) is 1.57. The molecular weight excluding hydrogens is 266 g/mol. The van der Waals surface area contributed by atoms with Crippen LogP contribution in [0.2, 0.25) is 0 Å². The fourth-order valence-corrected chi connectivity index (χ4v) is 1.57. The molecule has 0 aliphatic carbocycles. The number of carboxylic acids is 1. The smallest absolute Gasteiger partial charge is 0.347 e. The predicted octanol–water partition coefficient (Wildman–Crippen LogP) is -0.0305. The Bertz CT molecular complexity index is 790. The van der Waals surface area contributed by atoms with Gasteiger partial charge >= 0.3 is 23.1 Å². The van der Waals surface area contributed by atoms with Crippen molar-refractivity contribution in [3.05, 3.63) is 50.7 Å². The van der Waals surface area contributed by atoms with Gasteiger partial charge in [-0.3, -0.25) is 9.36 Å². The van der Waals surface area contributed by atoms with Crippen LogP contribution in [-0.2, 0) is 14.1 Å². The van der Waals surface area contributed by atoms with Crippen molar-refractivity contribution in [1.82, 2.24) is 14.3 Å².